The van der Waals surface area contributed by atoms with Gasteiger partial charge in [0, 0.05) is 0 Å². The normalized spacial score (nSPS) is 12.5. The second kappa shape index (κ2) is 10.9. The summed E-state index contributed by atoms with van der Waals surface area (Å²) >= 11 is -2.86. The lowest BCUT2D eigenvalue weighted by atomic mass is 10.2. The molecule has 0 saturated carbocycles. The maximum atomic E-state index is 10.8. The smallest absolute Gasteiger partial charge is 0.287 e. The molecule has 2 atom stereocenters. The van der Waals surface area contributed by atoms with Crippen molar-refractivity contribution < 1.29 is 16.8 Å². The highest BCUT2D eigenvalue weighted by Gasteiger charge is 1.97. The summed E-state index contributed by atoms with van der Waals surface area (Å²) < 4.78 is 36.4. The van der Waals surface area contributed by atoms with Crippen molar-refractivity contribution in [3.63, 3.8) is 0 Å². The Morgan fingerprint density at radius 2 is 1.17 bits per heavy atom. The summed E-state index contributed by atoms with van der Waals surface area (Å²) in [7, 11) is 3.14. The standard InChI is InChI=1S/C8H11NO2S.C7H9NO2S/c1-7-3-5-8(6-4-7)11-12(10)9-2;1-8-11(9)10-7-5-3-2-4-6-7/h3-6,9H,1-2H3;2-6,8H,1H3. The quantitative estimate of drug-likeness (QED) is 0.830. The summed E-state index contributed by atoms with van der Waals surface area (Å²) in [6.45, 7) is 1.98. The minimum atomic E-state index is -1.43. The average Bonchev–Trinajstić information content (AvgIpc) is 2.58. The van der Waals surface area contributed by atoms with Gasteiger partial charge >= 0.3 is 0 Å². The largest absolute Gasteiger partial charge is 0.389 e. The fourth-order valence-electron chi connectivity index (χ4n) is 1.33. The van der Waals surface area contributed by atoms with E-state index in [2.05, 4.69) is 9.44 Å². The Labute approximate surface area is 141 Å². The van der Waals surface area contributed by atoms with Crippen molar-refractivity contribution >= 4 is 22.5 Å². The first-order valence-corrected chi connectivity index (χ1v) is 8.87. The first-order chi connectivity index (χ1) is 11.0. The van der Waals surface area contributed by atoms with Crippen molar-refractivity contribution in [2.75, 3.05) is 14.1 Å². The zero-order valence-corrected chi connectivity index (χ0v) is 14.8. The molecular formula is C15H20N2O4S2. The summed E-state index contributed by atoms with van der Waals surface area (Å²) in [4.78, 5) is 0. The molecule has 2 unspecified atom stereocenters. The summed E-state index contributed by atoms with van der Waals surface area (Å²) in [6.07, 6.45) is 0. The predicted molar refractivity (Wildman–Crippen MR) is 93.3 cm³/mol. The second-order valence-electron chi connectivity index (χ2n) is 4.17. The Morgan fingerprint density at radius 1 is 0.739 bits per heavy atom. The average molecular weight is 356 g/mol. The molecule has 0 heterocycles. The molecule has 0 aliphatic rings. The number of aryl methyl sites for hydroxylation is 1. The van der Waals surface area contributed by atoms with E-state index >= 15 is 0 Å². The molecule has 2 rings (SSSR count). The Kier molecular flexibility index (Phi) is 9.15. The fraction of sp³-hybridized carbons (Fsp3) is 0.200. The van der Waals surface area contributed by atoms with Crippen LogP contribution in [0.4, 0.5) is 0 Å². The van der Waals surface area contributed by atoms with E-state index in [1.807, 2.05) is 37.3 Å². The lowest BCUT2D eigenvalue weighted by molar-refractivity contribution is 0.553. The van der Waals surface area contributed by atoms with Gasteiger partial charge in [0.25, 0.3) is 22.5 Å². The summed E-state index contributed by atoms with van der Waals surface area (Å²) in [5.74, 6) is 1.20. The van der Waals surface area contributed by atoms with Crippen LogP contribution in [0.3, 0.4) is 0 Å². The number of nitrogens with one attached hydrogen (secondary N) is 2. The molecule has 0 fully saturated rings. The molecule has 126 valence electrons. The van der Waals surface area contributed by atoms with E-state index in [4.69, 9.17) is 8.37 Å². The number of rotatable bonds is 6. The van der Waals surface area contributed by atoms with Crippen LogP contribution in [0, 0.1) is 6.92 Å². The zero-order valence-electron chi connectivity index (χ0n) is 13.1. The van der Waals surface area contributed by atoms with E-state index in [1.54, 1.807) is 38.4 Å². The van der Waals surface area contributed by atoms with Gasteiger partial charge in [-0.15, -0.1) is 0 Å². The van der Waals surface area contributed by atoms with Crippen molar-refractivity contribution in [2.24, 2.45) is 0 Å². The number of hydrogen-bond donors (Lipinski definition) is 2. The molecular weight excluding hydrogens is 336 g/mol. The second-order valence-corrected chi connectivity index (χ2v) is 6.26. The van der Waals surface area contributed by atoms with Crippen molar-refractivity contribution in [3.05, 3.63) is 60.2 Å². The number of hydrogen-bond acceptors (Lipinski definition) is 4. The first kappa shape index (κ1) is 19.3. The third-order valence-corrected chi connectivity index (χ3v) is 3.80. The van der Waals surface area contributed by atoms with Gasteiger partial charge < -0.3 is 8.37 Å². The first-order valence-electron chi connectivity index (χ1n) is 6.72. The highest BCUT2D eigenvalue weighted by atomic mass is 32.2. The number of para-hydroxylation sites is 1. The minimum Gasteiger partial charge on any atom is -0.389 e. The van der Waals surface area contributed by atoms with Crippen LogP contribution in [0.1, 0.15) is 5.56 Å². The van der Waals surface area contributed by atoms with Gasteiger partial charge in [-0.05, 0) is 45.3 Å². The van der Waals surface area contributed by atoms with Gasteiger partial charge in [-0.3, -0.25) is 0 Å². The van der Waals surface area contributed by atoms with Crippen LogP contribution in [0.2, 0.25) is 0 Å². The lowest BCUT2D eigenvalue weighted by Gasteiger charge is -2.02. The zero-order chi connectivity index (χ0) is 17.1. The Hall–Kier alpha value is -1.74. The molecule has 0 aliphatic heterocycles. The third kappa shape index (κ3) is 8.46. The molecule has 2 N–H and O–H groups in total. The molecule has 0 radical (unpaired) electrons. The van der Waals surface area contributed by atoms with E-state index in [0.29, 0.717) is 11.5 Å². The van der Waals surface area contributed by atoms with Gasteiger partial charge in [0.2, 0.25) is 0 Å². The van der Waals surface area contributed by atoms with Gasteiger partial charge in [-0.1, -0.05) is 35.9 Å². The molecule has 0 saturated heterocycles. The summed E-state index contributed by atoms with van der Waals surface area (Å²) in [5, 5.41) is 0. The van der Waals surface area contributed by atoms with Crippen LogP contribution in [-0.2, 0) is 22.5 Å². The van der Waals surface area contributed by atoms with Gasteiger partial charge in [0.15, 0.2) is 0 Å². The molecule has 23 heavy (non-hydrogen) atoms. The summed E-state index contributed by atoms with van der Waals surface area (Å²) in [6, 6.07) is 16.4. The van der Waals surface area contributed by atoms with Crippen LogP contribution < -0.4 is 17.8 Å². The molecule has 0 spiro atoms. The predicted octanol–water partition coefficient (Wildman–Crippen LogP) is 2.04. The Balaban J connectivity index is 0.000000231. The molecule has 2 aromatic rings. The van der Waals surface area contributed by atoms with Crippen LogP contribution >= 0.6 is 0 Å². The molecule has 0 aromatic heterocycles. The van der Waals surface area contributed by atoms with E-state index < -0.39 is 22.5 Å². The monoisotopic (exact) mass is 356 g/mol. The van der Waals surface area contributed by atoms with Crippen molar-refractivity contribution in [1.82, 2.24) is 9.44 Å². The molecule has 2 aromatic carbocycles. The SMILES string of the molecule is CNS(=O)Oc1ccc(C)cc1.CNS(=O)Oc1ccccc1. The molecule has 6 nitrogen and oxygen atoms in total. The van der Waals surface area contributed by atoms with Crippen LogP contribution in [-0.4, -0.2) is 22.5 Å². The van der Waals surface area contributed by atoms with Crippen molar-refractivity contribution in [2.45, 2.75) is 6.92 Å². The topological polar surface area (TPSA) is 76.7 Å². The Bertz CT molecular complexity index is 621. The molecule has 0 bridgehead atoms. The highest BCUT2D eigenvalue weighted by molar-refractivity contribution is 7.78. The van der Waals surface area contributed by atoms with E-state index in [1.165, 1.54) is 0 Å². The van der Waals surface area contributed by atoms with Crippen LogP contribution in [0.15, 0.2) is 54.6 Å². The molecule has 0 amide bonds. The lowest BCUT2D eigenvalue weighted by Crippen LogP contribution is -2.16. The van der Waals surface area contributed by atoms with E-state index in [9.17, 15) is 8.42 Å². The van der Waals surface area contributed by atoms with Crippen molar-refractivity contribution in [1.29, 1.82) is 0 Å². The van der Waals surface area contributed by atoms with Crippen molar-refractivity contribution in [3.8, 4) is 11.5 Å². The Morgan fingerprint density at radius 3 is 1.61 bits per heavy atom. The maximum Gasteiger partial charge on any atom is 0.287 e. The van der Waals surface area contributed by atoms with E-state index in [-0.39, 0.29) is 0 Å². The van der Waals surface area contributed by atoms with Crippen LogP contribution in [0.25, 0.3) is 0 Å². The number of benzene rings is 2. The van der Waals surface area contributed by atoms with Gasteiger partial charge in [0.1, 0.15) is 11.5 Å². The summed E-state index contributed by atoms with van der Waals surface area (Å²) in [5.41, 5.74) is 1.15. The molecule has 8 heteroatoms. The third-order valence-electron chi connectivity index (χ3n) is 2.44. The minimum absolute atomic E-state index is 0.597. The van der Waals surface area contributed by atoms with Gasteiger partial charge in [0.05, 0.1) is 0 Å². The molecule has 0 aliphatic carbocycles. The van der Waals surface area contributed by atoms with Crippen LogP contribution in [0.5, 0.6) is 11.5 Å². The highest BCUT2D eigenvalue weighted by Crippen LogP contribution is 2.11. The van der Waals surface area contributed by atoms with E-state index in [0.717, 1.165) is 5.56 Å². The fourth-order valence-corrected chi connectivity index (χ4v) is 2.07. The van der Waals surface area contributed by atoms with Gasteiger partial charge in [-0.2, -0.15) is 8.42 Å². The maximum absolute atomic E-state index is 10.8. The van der Waals surface area contributed by atoms with Gasteiger partial charge in [-0.25, -0.2) is 9.44 Å².